The van der Waals surface area contributed by atoms with Crippen LogP contribution in [0, 0.1) is 0 Å². The van der Waals surface area contributed by atoms with Crippen LogP contribution in [0.15, 0.2) is 340 Å². The van der Waals surface area contributed by atoms with E-state index in [0.29, 0.717) is 16.3 Å². The highest BCUT2D eigenvalue weighted by Crippen LogP contribution is 2.57. The van der Waals surface area contributed by atoms with E-state index in [0.717, 1.165) is 162 Å². The molecule has 0 amide bonds. The highest BCUT2D eigenvalue weighted by atomic mass is 15.2. The molecule has 0 unspecified atom stereocenters. The van der Waals surface area contributed by atoms with Crippen LogP contribution in [0.25, 0.3) is 138 Å². The van der Waals surface area contributed by atoms with Crippen molar-refractivity contribution in [3.05, 3.63) is 373 Å². The fraction of sp³-hybridized carbons (Fsp3) is 0.200. The summed E-state index contributed by atoms with van der Waals surface area (Å²) in [5.74, 6) is 0. The van der Waals surface area contributed by atoms with E-state index < -0.39 is 6.71 Å². The van der Waals surface area contributed by atoms with Crippen LogP contribution < -0.4 is 26.2 Å². The van der Waals surface area contributed by atoms with Crippen molar-refractivity contribution in [2.75, 3.05) is 9.80 Å². The number of nitrogens with zero attached hydrogens (tertiary/aromatic N) is 5. The number of hydrogen-bond donors (Lipinski definition) is 0. The summed E-state index contributed by atoms with van der Waals surface area (Å²) in [5.41, 5.74) is 34.3. The van der Waals surface area contributed by atoms with Gasteiger partial charge in [0.1, 0.15) is 0 Å². The summed E-state index contributed by atoms with van der Waals surface area (Å²) in [6.45, 7) is 41.5. The average Bonchev–Trinajstić information content (AvgIpc) is 1.31. The molecule has 0 aliphatic carbocycles. The second-order valence-corrected chi connectivity index (χ2v) is 41.6. The summed E-state index contributed by atoms with van der Waals surface area (Å²) < 4.78 is 47.0. The second kappa shape index (κ2) is 29.1. The largest absolute Gasteiger partial charge is 0.310 e. The van der Waals surface area contributed by atoms with Crippen LogP contribution in [0.3, 0.4) is 0 Å². The van der Waals surface area contributed by atoms with Gasteiger partial charge in [0.15, 0.2) is 0 Å². The minimum absolute atomic E-state index is 0.0950. The molecule has 618 valence electrons. The minimum Gasteiger partial charge on any atom is -0.310 e. The number of rotatable bonds is 10. The number of anilines is 6. The predicted octanol–water partition coefficient (Wildman–Crippen LogP) is 31.2. The molecule has 19 aromatic rings. The Labute approximate surface area is 749 Å². The zero-order valence-corrected chi connectivity index (χ0v) is 75.8. The average molecular weight is 1640 g/mol. The van der Waals surface area contributed by atoms with Crippen LogP contribution in [-0.4, -0.2) is 20.4 Å². The molecule has 3 aromatic heterocycles. The van der Waals surface area contributed by atoms with Gasteiger partial charge in [0.25, 0.3) is 6.71 Å². The van der Waals surface area contributed by atoms with Crippen LogP contribution in [0.5, 0.6) is 0 Å². The first-order chi connectivity index (χ1) is 62.0. The van der Waals surface area contributed by atoms with Gasteiger partial charge in [0.05, 0.1) is 55.6 Å². The van der Waals surface area contributed by atoms with Gasteiger partial charge in [-0.25, -0.2) is 0 Å². The molecule has 0 atom stereocenters. The van der Waals surface area contributed by atoms with Crippen molar-refractivity contribution in [1.29, 1.82) is 0 Å². The Bertz CT molecular complexity index is 7610. The smallest absolute Gasteiger partial charge is 0.252 e. The van der Waals surface area contributed by atoms with E-state index in [1.807, 2.05) is 0 Å². The summed E-state index contributed by atoms with van der Waals surface area (Å²) >= 11 is 0. The molecule has 6 heteroatoms. The number of hydrogen-bond acceptors (Lipinski definition) is 2. The van der Waals surface area contributed by atoms with Gasteiger partial charge in [-0.15, -0.1) is 0 Å². The van der Waals surface area contributed by atoms with E-state index in [1.165, 1.54) is 44.2 Å². The Morgan fingerprint density at radius 2 is 0.556 bits per heavy atom. The third kappa shape index (κ3) is 13.3. The van der Waals surface area contributed by atoms with Crippen LogP contribution in [0.1, 0.15) is 163 Å². The predicted molar refractivity (Wildman–Crippen MR) is 543 cm³/mol. The zero-order valence-electron chi connectivity index (χ0n) is 79.8. The summed E-state index contributed by atoms with van der Waals surface area (Å²) in [7, 11) is 0. The van der Waals surface area contributed by atoms with E-state index in [4.69, 9.17) is 0 Å². The molecular formula is C120H110BN5. The molecule has 0 saturated heterocycles. The minimum atomic E-state index is -0.458. The summed E-state index contributed by atoms with van der Waals surface area (Å²) in [6.07, 6.45) is 0. The number of fused-ring (bicyclic) bond motifs is 13. The van der Waals surface area contributed by atoms with Gasteiger partial charge < -0.3 is 23.5 Å². The maximum atomic E-state index is 10.4. The summed E-state index contributed by atoms with van der Waals surface area (Å²) in [6, 6.07) is 118. The maximum Gasteiger partial charge on any atom is 0.252 e. The molecule has 0 bridgehead atoms. The maximum absolute atomic E-state index is 10.4. The lowest BCUT2D eigenvalue weighted by Crippen LogP contribution is -2.61. The molecule has 0 radical (unpaired) electrons. The normalized spacial score (nSPS) is 13.7. The highest BCUT2D eigenvalue weighted by molar-refractivity contribution is 7.00. The van der Waals surface area contributed by atoms with Crippen molar-refractivity contribution in [3.8, 4) is 72.7 Å². The lowest BCUT2D eigenvalue weighted by molar-refractivity contribution is 0.569. The first-order valence-electron chi connectivity index (χ1n) is 46.9. The standard InChI is InChI=1S/C120H110BN5/c1-115(2,3)81-52-58-105-97(65-81)98-66-82(116(4,5)6)53-59-106(98)124(105)89-73-110-112-111(74-89)126(114-95(77-41-27-21-28-42-77)69-86(120(16,17)18)70-96(114)78-43-29-22-30-44-78)109-72-88(123-104-50-36-33-47-92(104)99-71-87(55-60-107(99)123)122-102-48-34-31-45-90(102)91-46-32-35-49-103(91)122)54-57-101(109)121(112)100-56-51-79(80-61-83(117(7,8)9)64-84(62-80)118(10,11)12)63-108(100)125(110)113-93(75-37-23-19-24-38-75)67-85(119(13,14)15)68-94(113)76-39-25-20-26-40-76/h19-74H,1-18H3/i33D,36D,47D,50D. The summed E-state index contributed by atoms with van der Waals surface area (Å²) in [5, 5.41) is 5.77. The van der Waals surface area contributed by atoms with Crippen molar-refractivity contribution < 1.29 is 5.48 Å². The fourth-order valence-electron chi connectivity index (χ4n) is 20.1. The Balaban J connectivity index is 0.978. The molecule has 2 aliphatic rings. The molecule has 21 rings (SSSR count). The molecule has 126 heavy (non-hydrogen) atoms. The topological polar surface area (TPSA) is 21.3 Å². The number of aromatic nitrogens is 3. The van der Waals surface area contributed by atoms with Gasteiger partial charge in [-0.2, -0.15) is 0 Å². The lowest BCUT2D eigenvalue weighted by Gasteiger charge is -2.46. The Morgan fingerprint density at radius 1 is 0.222 bits per heavy atom. The third-order valence-corrected chi connectivity index (χ3v) is 27.0. The Morgan fingerprint density at radius 3 is 0.992 bits per heavy atom. The molecule has 2 aliphatic heterocycles. The first kappa shape index (κ1) is 75.1. The molecule has 5 nitrogen and oxygen atoms in total. The van der Waals surface area contributed by atoms with E-state index >= 15 is 0 Å². The lowest BCUT2D eigenvalue weighted by atomic mass is 9.33. The SMILES string of the molecule is [2H]c1c([2H])c([2H])c2c(c1[2H])c1cc(-n3c4ccccc4c4ccccc43)ccc1n2-c1ccc2c(c1)N(c1c(-c3ccccc3)cc(C(C)(C)C)cc1-c1ccccc1)c1cc(-n3c4ccc(C(C)(C)C)cc4c4cc(C(C)(C)C)ccc43)cc3c1B2c1ccc(-c2cc(C(C)(C)C)cc(C(C)(C)C)c2)cc1N3c1c(-c2ccccc2)cc(C(C)(C)C)cc1-c1ccccc1. The first-order valence-corrected chi connectivity index (χ1v) is 44.9. The van der Waals surface area contributed by atoms with Crippen molar-refractivity contribution in [2.24, 2.45) is 0 Å². The number of benzene rings is 16. The molecule has 0 saturated carbocycles. The van der Waals surface area contributed by atoms with E-state index in [2.05, 4.69) is 464 Å². The molecule has 0 spiro atoms. The monoisotopic (exact) mass is 1640 g/mol. The van der Waals surface area contributed by atoms with E-state index in [1.54, 1.807) is 0 Å². The van der Waals surface area contributed by atoms with E-state index in [9.17, 15) is 5.48 Å². The Kier molecular flexibility index (Phi) is 17.3. The zero-order chi connectivity index (χ0) is 90.6. The third-order valence-electron chi connectivity index (χ3n) is 27.0. The van der Waals surface area contributed by atoms with Crippen LogP contribution >= 0.6 is 0 Å². The molecule has 0 N–H and O–H groups in total. The van der Waals surface area contributed by atoms with Gasteiger partial charge in [-0.3, -0.25) is 0 Å². The van der Waals surface area contributed by atoms with Gasteiger partial charge >= 0.3 is 0 Å². The fourth-order valence-corrected chi connectivity index (χ4v) is 20.1. The Hall–Kier alpha value is -13.4. The van der Waals surface area contributed by atoms with Crippen LogP contribution in [0.4, 0.5) is 34.1 Å². The van der Waals surface area contributed by atoms with Crippen molar-refractivity contribution in [2.45, 2.75) is 157 Å². The molecular weight excluding hydrogens is 1520 g/mol. The summed E-state index contributed by atoms with van der Waals surface area (Å²) in [4.78, 5) is 5.36. The highest BCUT2D eigenvalue weighted by Gasteiger charge is 2.47. The van der Waals surface area contributed by atoms with E-state index in [-0.39, 0.29) is 56.7 Å². The van der Waals surface area contributed by atoms with Crippen LogP contribution in [0.2, 0.25) is 0 Å². The van der Waals surface area contributed by atoms with Gasteiger partial charge in [0, 0.05) is 88.7 Å². The van der Waals surface area contributed by atoms with Crippen molar-refractivity contribution in [3.63, 3.8) is 0 Å². The quantitative estimate of drug-likeness (QED) is 0.127. The van der Waals surface area contributed by atoms with Crippen LogP contribution in [-0.2, 0) is 32.5 Å². The molecule has 5 heterocycles. The second-order valence-electron chi connectivity index (χ2n) is 41.6. The van der Waals surface area contributed by atoms with Crippen molar-refractivity contribution >= 4 is 123 Å². The van der Waals surface area contributed by atoms with Gasteiger partial charge in [-0.1, -0.05) is 349 Å². The molecule has 0 fully saturated rings. The molecule has 16 aromatic carbocycles. The van der Waals surface area contributed by atoms with Gasteiger partial charge in [-0.05, 0) is 231 Å². The van der Waals surface area contributed by atoms with Gasteiger partial charge in [0.2, 0.25) is 0 Å². The number of para-hydroxylation sites is 3. The van der Waals surface area contributed by atoms with Crippen molar-refractivity contribution in [1.82, 2.24) is 13.7 Å².